The lowest BCUT2D eigenvalue weighted by Gasteiger charge is -2.13. The first-order valence-corrected chi connectivity index (χ1v) is 4.52. The Balaban J connectivity index is 2.11. The van der Waals surface area contributed by atoms with Gasteiger partial charge in [-0.1, -0.05) is 0 Å². The Hall–Kier alpha value is -1.25. The van der Waals surface area contributed by atoms with Gasteiger partial charge in [0.25, 0.3) is 5.91 Å². The summed E-state index contributed by atoms with van der Waals surface area (Å²) in [7, 11) is 1.83. The lowest BCUT2D eigenvalue weighted by molar-refractivity contribution is 0.0752. The lowest BCUT2D eigenvalue weighted by atomic mass is 10.4. The quantitative estimate of drug-likeness (QED) is 0.693. The SMILES string of the molecule is Cc1ccc(C(=O)N(C)C2CC2)o1. The van der Waals surface area contributed by atoms with E-state index < -0.39 is 0 Å². The number of hydrogen-bond acceptors (Lipinski definition) is 2. The molecule has 3 heteroatoms. The van der Waals surface area contributed by atoms with Gasteiger partial charge >= 0.3 is 0 Å². The molecule has 0 aliphatic heterocycles. The summed E-state index contributed by atoms with van der Waals surface area (Å²) in [6.07, 6.45) is 2.25. The Bertz CT molecular complexity index is 325. The van der Waals surface area contributed by atoms with E-state index in [0.717, 1.165) is 18.6 Å². The predicted octanol–water partition coefficient (Wildman–Crippen LogP) is 1.82. The Morgan fingerprint density at radius 2 is 2.23 bits per heavy atom. The molecule has 1 amide bonds. The van der Waals surface area contributed by atoms with Gasteiger partial charge in [-0.05, 0) is 31.9 Å². The third kappa shape index (κ3) is 1.59. The Kier molecular flexibility index (Phi) is 1.87. The summed E-state index contributed by atoms with van der Waals surface area (Å²) in [5.74, 6) is 1.23. The van der Waals surface area contributed by atoms with E-state index in [2.05, 4.69) is 0 Å². The van der Waals surface area contributed by atoms with Gasteiger partial charge in [-0.15, -0.1) is 0 Å². The van der Waals surface area contributed by atoms with Crippen molar-refractivity contribution in [3.63, 3.8) is 0 Å². The minimum absolute atomic E-state index is 0.00407. The fourth-order valence-corrected chi connectivity index (χ4v) is 1.35. The third-order valence-electron chi connectivity index (χ3n) is 2.37. The molecule has 0 unspecified atom stereocenters. The molecule has 0 saturated heterocycles. The zero-order valence-corrected chi connectivity index (χ0v) is 7.91. The van der Waals surface area contributed by atoms with Gasteiger partial charge in [0, 0.05) is 13.1 Å². The molecule has 0 radical (unpaired) electrons. The number of carbonyl (C=O) groups is 1. The summed E-state index contributed by atoms with van der Waals surface area (Å²) in [4.78, 5) is 13.4. The molecule has 0 N–H and O–H groups in total. The van der Waals surface area contributed by atoms with E-state index in [1.54, 1.807) is 11.0 Å². The summed E-state index contributed by atoms with van der Waals surface area (Å²) >= 11 is 0. The van der Waals surface area contributed by atoms with Gasteiger partial charge in [0.05, 0.1) is 0 Å². The first-order valence-electron chi connectivity index (χ1n) is 4.52. The minimum atomic E-state index is -0.00407. The van der Waals surface area contributed by atoms with Crippen LogP contribution in [0.3, 0.4) is 0 Å². The average Bonchev–Trinajstić information content (AvgIpc) is 2.87. The molecule has 3 nitrogen and oxygen atoms in total. The van der Waals surface area contributed by atoms with Crippen LogP contribution in [0.1, 0.15) is 29.2 Å². The van der Waals surface area contributed by atoms with Gasteiger partial charge in [0.1, 0.15) is 5.76 Å². The summed E-state index contributed by atoms with van der Waals surface area (Å²) in [6, 6.07) is 3.99. The molecule has 70 valence electrons. The minimum Gasteiger partial charge on any atom is -0.456 e. The number of carbonyl (C=O) groups excluding carboxylic acids is 1. The van der Waals surface area contributed by atoms with Crippen LogP contribution in [0, 0.1) is 6.92 Å². The van der Waals surface area contributed by atoms with E-state index in [-0.39, 0.29) is 5.91 Å². The maximum atomic E-state index is 11.7. The van der Waals surface area contributed by atoms with Crippen molar-refractivity contribution in [2.24, 2.45) is 0 Å². The van der Waals surface area contributed by atoms with E-state index >= 15 is 0 Å². The Labute approximate surface area is 77.3 Å². The van der Waals surface area contributed by atoms with Crippen LogP contribution in [0.2, 0.25) is 0 Å². The van der Waals surface area contributed by atoms with Crippen molar-refractivity contribution in [2.75, 3.05) is 7.05 Å². The fourth-order valence-electron chi connectivity index (χ4n) is 1.35. The summed E-state index contributed by atoms with van der Waals surface area (Å²) in [5.41, 5.74) is 0. The standard InChI is InChI=1S/C10H13NO2/c1-7-3-6-9(13-7)10(12)11(2)8-4-5-8/h3,6,8H,4-5H2,1-2H3. The van der Waals surface area contributed by atoms with Crippen LogP contribution in [0.25, 0.3) is 0 Å². The molecule has 1 fully saturated rings. The topological polar surface area (TPSA) is 33.5 Å². The van der Waals surface area contributed by atoms with Crippen LogP contribution in [0.15, 0.2) is 16.5 Å². The molecule has 1 saturated carbocycles. The van der Waals surface area contributed by atoms with E-state index in [4.69, 9.17) is 4.42 Å². The second-order valence-electron chi connectivity index (χ2n) is 3.56. The zero-order chi connectivity index (χ0) is 9.42. The third-order valence-corrected chi connectivity index (χ3v) is 2.37. The highest BCUT2D eigenvalue weighted by Gasteiger charge is 2.31. The van der Waals surface area contributed by atoms with Crippen molar-refractivity contribution in [1.82, 2.24) is 4.90 Å². The molecule has 1 aromatic heterocycles. The molecule has 1 aliphatic rings. The first-order chi connectivity index (χ1) is 6.18. The predicted molar refractivity (Wildman–Crippen MR) is 48.6 cm³/mol. The van der Waals surface area contributed by atoms with Gasteiger partial charge < -0.3 is 9.32 Å². The molecular formula is C10H13NO2. The van der Waals surface area contributed by atoms with E-state index in [1.807, 2.05) is 20.0 Å². The molecule has 1 heterocycles. The molecule has 0 atom stereocenters. The largest absolute Gasteiger partial charge is 0.456 e. The Morgan fingerprint density at radius 3 is 2.69 bits per heavy atom. The number of hydrogen-bond donors (Lipinski definition) is 0. The molecular weight excluding hydrogens is 166 g/mol. The van der Waals surface area contributed by atoms with Crippen LogP contribution in [0.4, 0.5) is 0 Å². The highest BCUT2D eigenvalue weighted by molar-refractivity contribution is 5.91. The van der Waals surface area contributed by atoms with Crippen LogP contribution in [0.5, 0.6) is 0 Å². The van der Waals surface area contributed by atoms with Crippen LogP contribution < -0.4 is 0 Å². The van der Waals surface area contributed by atoms with Crippen molar-refractivity contribution in [2.45, 2.75) is 25.8 Å². The van der Waals surface area contributed by atoms with Gasteiger partial charge in [-0.25, -0.2) is 0 Å². The summed E-state index contributed by atoms with van der Waals surface area (Å²) < 4.78 is 5.25. The maximum Gasteiger partial charge on any atom is 0.289 e. The van der Waals surface area contributed by atoms with Crippen molar-refractivity contribution in [3.8, 4) is 0 Å². The highest BCUT2D eigenvalue weighted by atomic mass is 16.3. The van der Waals surface area contributed by atoms with Gasteiger partial charge in [-0.3, -0.25) is 4.79 Å². The van der Waals surface area contributed by atoms with Crippen LogP contribution in [-0.4, -0.2) is 23.9 Å². The molecule has 0 bridgehead atoms. The van der Waals surface area contributed by atoms with Gasteiger partial charge in [-0.2, -0.15) is 0 Å². The van der Waals surface area contributed by atoms with Gasteiger partial charge in [0.15, 0.2) is 5.76 Å². The highest BCUT2D eigenvalue weighted by Crippen LogP contribution is 2.26. The molecule has 1 aromatic rings. The molecule has 0 aromatic carbocycles. The number of nitrogens with zero attached hydrogens (tertiary/aromatic N) is 1. The zero-order valence-electron chi connectivity index (χ0n) is 7.91. The van der Waals surface area contributed by atoms with Crippen LogP contribution in [-0.2, 0) is 0 Å². The average molecular weight is 179 g/mol. The number of aryl methyl sites for hydroxylation is 1. The molecule has 0 spiro atoms. The Morgan fingerprint density at radius 1 is 1.54 bits per heavy atom. The van der Waals surface area contributed by atoms with E-state index in [1.165, 1.54) is 0 Å². The van der Waals surface area contributed by atoms with Crippen molar-refractivity contribution < 1.29 is 9.21 Å². The van der Waals surface area contributed by atoms with Crippen LogP contribution >= 0.6 is 0 Å². The maximum absolute atomic E-state index is 11.7. The number of rotatable bonds is 2. The smallest absolute Gasteiger partial charge is 0.289 e. The monoisotopic (exact) mass is 179 g/mol. The van der Waals surface area contributed by atoms with Crippen molar-refractivity contribution in [3.05, 3.63) is 23.7 Å². The second kappa shape index (κ2) is 2.91. The fraction of sp³-hybridized carbons (Fsp3) is 0.500. The van der Waals surface area contributed by atoms with E-state index in [9.17, 15) is 4.79 Å². The van der Waals surface area contributed by atoms with E-state index in [0.29, 0.717) is 11.8 Å². The van der Waals surface area contributed by atoms with Gasteiger partial charge in [0.2, 0.25) is 0 Å². The molecule has 2 rings (SSSR count). The molecule has 13 heavy (non-hydrogen) atoms. The van der Waals surface area contributed by atoms with Crippen molar-refractivity contribution in [1.29, 1.82) is 0 Å². The van der Waals surface area contributed by atoms with Crippen molar-refractivity contribution >= 4 is 5.91 Å². The lowest BCUT2D eigenvalue weighted by Crippen LogP contribution is -2.28. The first kappa shape index (κ1) is 8.35. The number of amides is 1. The normalized spacial score (nSPS) is 15.8. The molecule has 1 aliphatic carbocycles. The second-order valence-corrected chi connectivity index (χ2v) is 3.56. The summed E-state index contributed by atoms with van der Waals surface area (Å²) in [5, 5.41) is 0. The summed E-state index contributed by atoms with van der Waals surface area (Å²) in [6.45, 7) is 1.84. The number of furan rings is 1.